The molecular weight excluding hydrogens is 184 g/mol. The zero-order valence-electron chi connectivity index (χ0n) is 5.69. The van der Waals surface area contributed by atoms with Gasteiger partial charge in [-0.15, -0.1) is 11.8 Å². The van der Waals surface area contributed by atoms with E-state index in [1.807, 2.05) is 11.8 Å². The molecule has 0 unspecified atom stereocenters. The first-order chi connectivity index (χ1) is 4.86. The highest BCUT2D eigenvalue weighted by Crippen LogP contribution is 2.24. The van der Waals surface area contributed by atoms with Crippen molar-refractivity contribution in [1.29, 1.82) is 0 Å². The van der Waals surface area contributed by atoms with Crippen molar-refractivity contribution in [2.45, 2.75) is 10.5 Å². The van der Waals surface area contributed by atoms with E-state index in [0.29, 0.717) is 10.5 Å². The highest BCUT2D eigenvalue weighted by atomic mass is 32.2. The topological polar surface area (TPSA) is 9.23 Å². The summed E-state index contributed by atoms with van der Waals surface area (Å²) in [6.45, 7) is 1.72. The van der Waals surface area contributed by atoms with Gasteiger partial charge in [-0.25, -0.2) is 0 Å². The van der Waals surface area contributed by atoms with Crippen LogP contribution in [-0.4, -0.2) is 35.2 Å². The molecule has 4 heteroatoms. The Hall–Kier alpha value is 1.01. The molecule has 1 aliphatic heterocycles. The molecule has 0 aromatic carbocycles. The van der Waals surface area contributed by atoms with Crippen molar-refractivity contribution in [2.75, 3.05) is 24.7 Å². The number of thiol groups is 2. The van der Waals surface area contributed by atoms with Crippen LogP contribution in [0.2, 0.25) is 0 Å². The summed E-state index contributed by atoms with van der Waals surface area (Å²) in [5, 5.41) is 1.16. The highest BCUT2D eigenvalue weighted by molar-refractivity contribution is 8.01. The van der Waals surface area contributed by atoms with E-state index in [1.165, 1.54) is 0 Å². The van der Waals surface area contributed by atoms with Gasteiger partial charge in [-0.1, -0.05) is 0 Å². The average Bonchev–Trinajstić information content (AvgIpc) is 2.05. The largest absolute Gasteiger partial charge is 0.379 e. The van der Waals surface area contributed by atoms with Crippen LogP contribution in [-0.2, 0) is 4.74 Å². The van der Waals surface area contributed by atoms with Gasteiger partial charge in [-0.2, -0.15) is 25.3 Å². The van der Waals surface area contributed by atoms with Crippen LogP contribution in [0.3, 0.4) is 0 Å². The van der Waals surface area contributed by atoms with E-state index < -0.39 is 0 Å². The molecule has 0 bridgehead atoms. The second-order valence-corrected chi connectivity index (χ2v) is 4.62. The van der Waals surface area contributed by atoms with Crippen LogP contribution in [0.4, 0.5) is 0 Å². The summed E-state index contributed by atoms with van der Waals surface area (Å²) in [5.41, 5.74) is 0. The van der Waals surface area contributed by atoms with Crippen LogP contribution in [0, 0.1) is 0 Å². The second kappa shape index (κ2) is 4.80. The summed E-state index contributed by atoms with van der Waals surface area (Å²) >= 11 is 10.4. The van der Waals surface area contributed by atoms with Crippen LogP contribution in [0.15, 0.2) is 0 Å². The quantitative estimate of drug-likeness (QED) is 0.645. The number of hydrogen-bond donors (Lipinski definition) is 2. The van der Waals surface area contributed by atoms with Crippen molar-refractivity contribution >= 4 is 37.0 Å². The Morgan fingerprint density at radius 3 is 2.10 bits per heavy atom. The van der Waals surface area contributed by atoms with Crippen LogP contribution in [0.25, 0.3) is 0 Å². The Bertz CT molecular complexity index is 89.0. The molecule has 1 saturated heterocycles. The third kappa shape index (κ3) is 2.57. The van der Waals surface area contributed by atoms with E-state index in [9.17, 15) is 0 Å². The number of rotatable bonds is 2. The first kappa shape index (κ1) is 9.10. The molecule has 1 rings (SSSR count). The molecular formula is C6H12OS3. The fraction of sp³-hybridized carbons (Fsp3) is 1.00. The SMILES string of the molecule is SC[C@@H]1COC[C@@H](CS)S1. The molecule has 0 saturated carbocycles. The van der Waals surface area contributed by atoms with Gasteiger partial charge in [-0.3, -0.25) is 0 Å². The van der Waals surface area contributed by atoms with Gasteiger partial charge in [-0.05, 0) is 0 Å². The van der Waals surface area contributed by atoms with Crippen LogP contribution < -0.4 is 0 Å². The minimum atomic E-state index is 0.578. The summed E-state index contributed by atoms with van der Waals surface area (Å²) in [5.74, 6) is 1.82. The van der Waals surface area contributed by atoms with Gasteiger partial charge in [0, 0.05) is 22.0 Å². The van der Waals surface area contributed by atoms with Crippen molar-refractivity contribution in [3.8, 4) is 0 Å². The third-order valence-electron chi connectivity index (χ3n) is 1.40. The second-order valence-electron chi connectivity index (χ2n) is 2.28. The highest BCUT2D eigenvalue weighted by Gasteiger charge is 2.20. The molecule has 0 N–H and O–H groups in total. The summed E-state index contributed by atoms with van der Waals surface area (Å²) in [6, 6.07) is 0. The number of ether oxygens (including phenoxy) is 1. The maximum atomic E-state index is 5.36. The molecule has 2 atom stereocenters. The maximum absolute atomic E-state index is 5.36. The smallest absolute Gasteiger partial charge is 0.0593 e. The minimum absolute atomic E-state index is 0.578. The van der Waals surface area contributed by atoms with Gasteiger partial charge in [0.15, 0.2) is 0 Å². The van der Waals surface area contributed by atoms with Crippen molar-refractivity contribution in [2.24, 2.45) is 0 Å². The predicted molar refractivity (Wildman–Crippen MR) is 53.7 cm³/mol. The first-order valence-corrected chi connectivity index (χ1v) is 5.52. The van der Waals surface area contributed by atoms with E-state index in [0.717, 1.165) is 24.7 Å². The van der Waals surface area contributed by atoms with Gasteiger partial charge < -0.3 is 4.74 Å². The molecule has 0 spiro atoms. The van der Waals surface area contributed by atoms with Gasteiger partial charge >= 0.3 is 0 Å². The van der Waals surface area contributed by atoms with E-state index in [2.05, 4.69) is 25.3 Å². The van der Waals surface area contributed by atoms with Crippen LogP contribution in [0.1, 0.15) is 0 Å². The van der Waals surface area contributed by atoms with Crippen molar-refractivity contribution in [1.82, 2.24) is 0 Å². The van der Waals surface area contributed by atoms with Gasteiger partial charge in [0.05, 0.1) is 13.2 Å². The van der Waals surface area contributed by atoms with Gasteiger partial charge in [0.25, 0.3) is 0 Å². The standard InChI is InChI=1S/C6H12OS3/c8-3-5-1-7-2-6(4-9)10-5/h5-6,8-9H,1-4H2/t5-,6-/m0/s1. The van der Waals surface area contributed by atoms with Crippen molar-refractivity contribution < 1.29 is 4.74 Å². The molecule has 0 radical (unpaired) electrons. The Morgan fingerprint density at radius 1 is 1.20 bits per heavy atom. The predicted octanol–water partition coefficient (Wildman–Crippen LogP) is 1.35. The van der Waals surface area contributed by atoms with E-state index in [1.54, 1.807) is 0 Å². The normalized spacial score (nSPS) is 34.2. The van der Waals surface area contributed by atoms with Gasteiger partial charge in [0.2, 0.25) is 0 Å². The summed E-state index contributed by atoms with van der Waals surface area (Å²) in [6.07, 6.45) is 0. The molecule has 10 heavy (non-hydrogen) atoms. The Kier molecular flexibility index (Phi) is 4.37. The lowest BCUT2D eigenvalue weighted by Crippen LogP contribution is -2.29. The molecule has 1 fully saturated rings. The molecule has 0 aliphatic carbocycles. The van der Waals surface area contributed by atoms with E-state index in [-0.39, 0.29) is 0 Å². The van der Waals surface area contributed by atoms with Crippen LogP contribution in [0.5, 0.6) is 0 Å². The lowest BCUT2D eigenvalue weighted by atomic mass is 10.4. The molecule has 0 aromatic rings. The lowest BCUT2D eigenvalue weighted by Gasteiger charge is -2.26. The Balaban J connectivity index is 2.25. The van der Waals surface area contributed by atoms with Crippen LogP contribution >= 0.6 is 37.0 Å². The third-order valence-corrected chi connectivity index (χ3v) is 4.15. The Morgan fingerprint density at radius 2 is 1.70 bits per heavy atom. The fourth-order valence-electron chi connectivity index (χ4n) is 0.873. The molecule has 0 aromatic heterocycles. The molecule has 1 aliphatic rings. The Labute approximate surface area is 77.1 Å². The monoisotopic (exact) mass is 196 g/mol. The zero-order valence-corrected chi connectivity index (χ0v) is 8.30. The van der Waals surface area contributed by atoms with Gasteiger partial charge in [0.1, 0.15) is 0 Å². The summed E-state index contributed by atoms with van der Waals surface area (Å²) in [7, 11) is 0. The first-order valence-electron chi connectivity index (χ1n) is 3.31. The zero-order chi connectivity index (χ0) is 7.40. The molecule has 60 valence electrons. The molecule has 0 amide bonds. The average molecular weight is 196 g/mol. The fourth-order valence-corrected chi connectivity index (χ4v) is 2.67. The van der Waals surface area contributed by atoms with E-state index in [4.69, 9.17) is 4.74 Å². The summed E-state index contributed by atoms with van der Waals surface area (Å²) in [4.78, 5) is 0. The summed E-state index contributed by atoms with van der Waals surface area (Å²) < 4.78 is 5.36. The van der Waals surface area contributed by atoms with E-state index >= 15 is 0 Å². The van der Waals surface area contributed by atoms with Crippen molar-refractivity contribution in [3.63, 3.8) is 0 Å². The minimum Gasteiger partial charge on any atom is -0.379 e. The molecule has 1 heterocycles. The molecule has 1 nitrogen and oxygen atoms in total. The lowest BCUT2D eigenvalue weighted by molar-refractivity contribution is 0.134. The number of hydrogen-bond acceptors (Lipinski definition) is 4. The number of thioether (sulfide) groups is 1. The van der Waals surface area contributed by atoms with Crippen molar-refractivity contribution in [3.05, 3.63) is 0 Å². The maximum Gasteiger partial charge on any atom is 0.0593 e.